The summed E-state index contributed by atoms with van der Waals surface area (Å²) < 4.78 is 29.4. The van der Waals surface area contributed by atoms with Gasteiger partial charge in [-0.25, -0.2) is 4.79 Å². The Bertz CT molecular complexity index is 1490. The lowest BCUT2D eigenvalue weighted by atomic mass is 9.86. The Balaban J connectivity index is 1.20. The maximum absolute atomic E-state index is 12.0. The first-order chi connectivity index (χ1) is 22.1. The number of H-pyrrole nitrogens is 1. The molecule has 0 bridgehead atoms. The summed E-state index contributed by atoms with van der Waals surface area (Å²) in [5.41, 5.74) is 4.27. The quantitative estimate of drug-likeness (QED) is 0.129. The molecule has 5 rings (SSSR count). The molecule has 9 nitrogen and oxygen atoms in total. The molecule has 0 aliphatic carbocycles. The van der Waals surface area contributed by atoms with Crippen molar-refractivity contribution in [2.75, 3.05) is 47.1 Å². The number of hydrogen-bond acceptors (Lipinski definition) is 6. The zero-order valence-electron chi connectivity index (χ0n) is 26.2. The second-order valence-electron chi connectivity index (χ2n) is 11.4. The predicted octanol–water partition coefficient (Wildman–Crippen LogP) is 7.18. The molecule has 0 radical (unpaired) electrons. The number of aromatic amines is 1. The van der Waals surface area contributed by atoms with Crippen LogP contribution in [0.2, 0.25) is 0 Å². The zero-order valence-corrected chi connectivity index (χ0v) is 26.2. The minimum atomic E-state index is -0.915. The van der Waals surface area contributed by atoms with Gasteiger partial charge in [0.1, 0.15) is 11.5 Å². The fourth-order valence-electron chi connectivity index (χ4n) is 5.98. The number of rotatable bonds is 16. The molecule has 4 aromatic rings. The van der Waals surface area contributed by atoms with Crippen LogP contribution in [0.25, 0.3) is 10.9 Å². The van der Waals surface area contributed by atoms with E-state index in [4.69, 9.17) is 23.7 Å². The third-order valence-corrected chi connectivity index (χ3v) is 8.39. The Morgan fingerprint density at radius 1 is 1.00 bits per heavy atom. The third kappa shape index (κ3) is 8.78. The summed E-state index contributed by atoms with van der Waals surface area (Å²) in [7, 11) is 3.37. The molecular weight excluding hydrogens is 572 g/mol. The first kappa shape index (κ1) is 32.3. The van der Waals surface area contributed by atoms with Gasteiger partial charge in [-0.1, -0.05) is 42.5 Å². The molecule has 3 unspecified atom stereocenters. The number of carboxylic acid groups (broad SMARTS) is 1. The molecule has 2 heterocycles. The largest absolute Gasteiger partial charge is 0.496 e. The fourth-order valence-corrected chi connectivity index (χ4v) is 5.98. The highest BCUT2D eigenvalue weighted by Crippen LogP contribution is 2.36. The lowest BCUT2D eigenvalue weighted by molar-refractivity contribution is -0.0623. The van der Waals surface area contributed by atoms with E-state index in [-0.39, 0.29) is 18.1 Å². The Labute approximate surface area is 265 Å². The lowest BCUT2D eigenvalue weighted by Crippen LogP contribution is -2.46. The van der Waals surface area contributed by atoms with E-state index in [2.05, 4.69) is 35.3 Å². The molecule has 0 saturated carbocycles. The fraction of sp³-hybridized carbons (Fsp3) is 0.417. The van der Waals surface area contributed by atoms with Crippen molar-refractivity contribution in [3.05, 3.63) is 95.7 Å². The Kier molecular flexibility index (Phi) is 11.7. The minimum Gasteiger partial charge on any atom is -0.496 e. The van der Waals surface area contributed by atoms with Gasteiger partial charge in [0.2, 0.25) is 0 Å². The Morgan fingerprint density at radius 3 is 2.64 bits per heavy atom. The number of carbonyl (C=O) groups is 1. The van der Waals surface area contributed by atoms with E-state index >= 15 is 0 Å². The van der Waals surface area contributed by atoms with Gasteiger partial charge in [-0.05, 0) is 66.1 Å². The van der Waals surface area contributed by atoms with E-state index in [0.717, 1.165) is 58.4 Å². The highest BCUT2D eigenvalue weighted by atomic mass is 16.5. The molecule has 1 amide bonds. The van der Waals surface area contributed by atoms with E-state index in [1.807, 2.05) is 48.7 Å². The molecule has 1 aliphatic heterocycles. The molecule has 240 valence electrons. The highest BCUT2D eigenvalue weighted by Gasteiger charge is 2.35. The average Bonchev–Trinajstić information content (AvgIpc) is 3.54. The molecular formula is C36H44N2O7. The lowest BCUT2D eigenvalue weighted by Gasteiger charge is -2.39. The summed E-state index contributed by atoms with van der Waals surface area (Å²) in [6, 6.07) is 24.4. The summed E-state index contributed by atoms with van der Waals surface area (Å²) in [5, 5.41) is 10.9. The second kappa shape index (κ2) is 16.3. The molecule has 45 heavy (non-hydrogen) atoms. The maximum atomic E-state index is 12.0. The number of nitrogens with zero attached hydrogens (tertiary/aromatic N) is 1. The number of piperidine rings is 1. The molecule has 9 heteroatoms. The van der Waals surface area contributed by atoms with Gasteiger partial charge in [-0.15, -0.1) is 0 Å². The van der Waals surface area contributed by atoms with Gasteiger partial charge in [0.25, 0.3) is 0 Å². The van der Waals surface area contributed by atoms with Gasteiger partial charge < -0.3 is 38.7 Å². The van der Waals surface area contributed by atoms with Gasteiger partial charge in [0, 0.05) is 49.9 Å². The number of methoxy groups -OCH3 is 2. The standard InChI is InChI=1S/C36H44N2O7/c1-41-20-5-9-34(28-11-10-27-16-18-37-32(27)23-28)45-35-24-38(36(39)40)19-17-31(35)26-12-14-30(15-13-26)44-22-6-21-43-25-29-7-3-4-8-33(29)42-2/h3-4,7-8,10-16,18,23,31,34-35,37H,5-6,9,17,19-22,24-25H2,1-2H3,(H,39,40). The van der Waals surface area contributed by atoms with Crippen molar-refractivity contribution in [2.45, 2.75) is 50.4 Å². The van der Waals surface area contributed by atoms with Crippen molar-refractivity contribution in [1.82, 2.24) is 9.88 Å². The molecule has 1 aromatic heterocycles. The number of aromatic nitrogens is 1. The molecule has 2 N–H and O–H groups in total. The van der Waals surface area contributed by atoms with Crippen molar-refractivity contribution >= 4 is 17.0 Å². The van der Waals surface area contributed by atoms with E-state index in [9.17, 15) is 9.90 Å². The van der Waals surface area contributed by atoms with Crippen molar-refractivity contribution in [3.8, 4) is 11.5 Å². The maximum Gasteiger partial charge on any atom is 0.407 e. The first-order valence-corrected chi connectivity index (χ1v) is 15.7. The summed E-state index contributed by atoms with van der Waals surface area (Å²) in [5.74, 6) is 1.67. The number of amides is 1. The summed E-state index contributed by atoms with van der Waals surface area (Å²) in [6.45, 7) is 3.04. The van der Waals surface area contributed by atoms with Gasteiger partial charge in [0.15, 0.2) is 0 Å². The third-order valence-electron chi connectivity index (χ3n) is 8.39. The van der Waals surface area contributed by atoms with Gasteiger partial charge in [-0.2, -0.15) is 0 Å². The van der Waals surface area contributed by atoms with Crippen LogP contribution in [0.15, 0.2) is 79.0 Å². The number of likely N-dealkylation sites (tertiary alicyclic amines) is 1. The van der Waals surface area contributed by atoms with Crippen molar-refractivity contribution in [1.29, 1.82) is 0 Å². The van der Waals surface area contributed by atoms with Crippen molar-refractivity contribution in [2.24, 2.45) is 0 Å². The van der Waals surface area contributed by atoms with Gasteiger partial charge >= 0.3 is 6.09 Å². The number of hydrogen-bond donors (Lipinski definition) is 2. The van der Waals surface area contributed by atoms with E-state index in [1.54, 1.807) is 14.2 Å². The molecule has 1 saturated heterocycles. The van der Waals surface area contributed by atoms with Crippen molar-refractivity contribution < 1.29 is 33.6 Å². The normalized spacial score (nSPS) is 17.3. The van der Waals surface area contributed by atoms with E-state index in [0.29, 0.717) is 45.9 Å². The summed E-state index contributed by atoms with van der Waals surface area (Å²) in [6.07, 6.45) is 3.58. The molecule has 0 spiro atoms. The number of fused-ring (bicyclic) bond motifs is 1. The van der Waals surface area contributed by atoms with Crippen LogP contribution < -0.4 is 9.47 Å². The topological polar surface area (TPSA) is 102 Å². The van der Waals surface area contributed by atoms with Crippen LogP contribution in [0.4, 0.5) is 4.79 Å². The van der Waals surface area contributed by atoms with Crippen LogP contribution in [0, 0.1) is 0 Å². The number of ether oxygens (including phenoxy) is 5. The van der Waals surface area contributed by atoms with Crippen LogP contribution in [0.3, 0.4) is 0 Å². The molecule has 3 atom stereocenters. The monoisotopic (exact) mass is 616 g/mol. The predicted molar refractivity (Wildman–Crippen MR) is 173 cm³/mol. The Hall–Kier alpha value is -4.05. The van der Waals surface area contributed by atoms with Gasteiger partial charge in [-0.3, -0.25) is 0 Å². The SMILES string of the molecule is COCCCC(OC1CN(C(=O)O)CCC1c1ccc(OCCCOCc2ccccc2OC)cc1)c1ccc2cc[nH]c2c1. The molecule has 3 aromatic carbocycles. The smallest absolute Gasteiger partial charge is 0.407 e. The van der Waals surface area contributed by atoms with Crippen LogP contribution in [0.1, 0.15) is 54.4 Å². The summed E-state index contributed by atoms with van der Waals surface area (Å²) >= 11 is 0. The van der Waals surface area contributed by atoms with E-state index in [1.165, 1.54) is 4.90 Å². The van der Waals surface area contributed by atoms with Crippen LogP contribution in [-0.2, 0) is 20.8 Å². The number of benzene rings is 3. The van der Waals surface area contributed by atoms with Crippen molar-refractivity contribution in [3.63, 3.8) is 0 Å². The number of nitrogens with one attached hydrogen (secondary N) is 1. The van der Waals surface area contributed by atoms with Crippen LogP contribution in [-0.4, -0.2) is 74.3 Å². The second-order valence-corrected chi connectivity index (χ2v) is 11.4. The van der Waals surface area contributed by atoms with E-state index < -0.39 is 6.09 Å². The number of para-hydroxylation sites is 1. The first-order valence-electron chi connectivity index (χ1n) is 15.7. The van der Waals surface area contributed by atoms with Gasteiger partial charge in [0.05, 0.1) is 45.7 Å². The zero-order chi connectivity index (χ0) is 31.4. The molecule has 1 aliphatic rings. The summed E-state index contributed by atoms with van der Waals surface area (Å²) in [4.78, 5) is 16.7. The molecule has 1 fully saturated rings. The average molecular weight is 617 g/mol. The Morgan fingerprint density at radius 2 is 1.84 bits per heavy atom. The minimum absolute atomic E-state index is 0.0529. The van der Waals surface area contributed by atoms with Crippen LogP contribution in [0.5, 0.6) is 11.5 Å². The van der Waals surface area contributed by atoms with Crippen LogP contribution >= 0.6 is 0 Å². The highest BCUT2D eigenvalue weighted by molar-refractivity contribution is 5.80.